The molecule has 0 saturated carbocycles. The van der Waals surface area contributed by atoms with Gasteiger partial charge in [-0.1, -0.05) is 6.92 Å². The van der Waals surface area contributed by atoms with Gasteiger partial charge in [0.25, 0.3) is 5.91 Å². The molecule has 2 rings (SSSR count). The van der Waals surface area contributed by atoms with Gasteiger partial charge < -0.3 is 15.0 Å². The predicted molar refractivity (Wildman–Crippen MR) is 83.5 cm³/mol. The molecular weight excluding hydrogens is 266 g/mol. The van der Waals surface area contributed by atoms with Crippen LogP contribution in [0.5, 0.6) is 0 Å². The van der Waals surface area contributed by atoms with E-state index in [9.17, 15) is 4.79 Å². The van der Waals surface area contributed by atoms with E-state index in [0.29, 0.717) is 5.92 Å². The van der Waals surface area contributed by atoms with Crippen molar-refractivity contribution in [1.82, 2.24) is 9.88 Å². The summed E-state index contributed by atoms with van der Waals surface area (Å²) < 4.78 is 5.20. The molecule has 1 amide bonds. The maximum absolute atomic E-state index is 12.7. The number of anilines is 1. The van der Waals surface area contributed by atoms with E-state index in [1.807, 2.05) is 11.0 Å². The van der Waals surface area contributed by atoms with Crippen LogP contribution in [0.25, 0.3) is 0 Å². The van der Waals surface area contributed by atoms with Crippen molar-refractivity contribution in [2.24, 2.45) is 5.92 Å². The number of pyridine rings is 1. The number of carbonyl (C=O) groups excluding carboxylic acids is 1. The molecule has 0 aliphatic carbocycles. The van der Waals surface area contributed by atoms with Crippen molar-refractivity contribution in [1.29, 1.82) is 0 Å². The van der Waals surface area contributed by atoms with Crippen LogP contribution in [0.4, 0.5) is 5.69 Å². The van der Waals surface area contributed by atoms with E-state index < -0.39 is 0 Å². The zero-order valence-electron chi connectivity index (χ0n) is 13.0. The number of amides is 1. The molecule has 1 saturated heterocycles. The van der Waals surface area contributed by atoms with Crippen molar-refractivity contribution in [3.63, 3.8) is 0 Å². The van der Waals surface area contributed by atoms with Gasteiger partial charge in [-0.25, -0.2) is 0 Å². The number of aromatic nitrogens is 1. The maximum atomic E-state index is 12.7. The Morgan fingerprint density at radius 1 is 1.48 bits per heavy atom. The molecule has 1 aromatic heterocycles. The third-order valence-electron chi connectivity index (χ3n) is 3.92. The van der Waals surface area contributed by atoms with Gasteiger partial charge in [-0.2, -0.15) is 0 Å². The van der Waals surface area contributed by atoms with Gasteiger partial charge in [0.15, 0.2) is 0 Å². The minimum Gasteiger partial charge on any atom is -0.384 e. The van der Waals surface area contributed by atoms with Crippen LogP contribution < -0.4 is 5.32 Å². The number of ether oxygens (including phenoxy) is 1. The van der Waals surface area contributed by atoms with Gasteiger partial charge >= 0.3 is 0 Å². The van der Waals surface area contributed by atoms with Crippen LogP contribution in [-0.2, 0) is 4.74 Å². The quantitative estimate of drug-likeness (QED) is 0.874. The van der Waals surface area contributed by atoms with E-state index >= 15 is 0 Å². The molecule has 0 aromatic carbocycles. The second kappa shape index (κ2) is 7.98. The lowest BCUT2D eigenvalue weighted by Crippen LogP contribution is -2.39. The molecule has 2 heterocycles. The Labute approximate surface area is 126 Å². The maximum Gasteiger partial charge on any atom is 0.256 e. The van der Waals surface area contributed by atoms with Gasteiger partial charge in [0, 0.05) is 39.5 Å². The van der Waals surface area contributed by atoms with Crippen LogP contribution in [-0.4, -0.2) is 49.1 Å². The number of likely N-dealkylation sites (tertiary alicyclic amines) is 1. The molecule has 1 aliphatic heterocycles. The first kappa shape index (κ1) is 15.8. The molecule has 0 unspecified atom stereocenters. The topological polar surface area (TPSA) is 54.5 Å². The number of hydrogen-bond acceptors (Lipinski definition) is 4. The van der Waals surface area contributed by atoms with Crippen LogP contribution >= 0.6 is 0 Å². The molecule has 1 fully saturated rings. The van der Waals surface area contributed by atoms with Gasteiger partial charge in [-0.3, -0.25) is 9.78 Å². The Kier molecular flexibility index (Phi) is 5.99. The SMILES string of the molecule is CCCNc1cnccc1C(=O)N1CCC(COC)CC1. The summed E-state index contributed by atoms with van der Waals surface area (Å²) in [6.07, 6.45) is 6.47. The summed E-state index contributed by atoms with van der Waals surface area (Å²) in [6.45, 7) is 5.36. The summed E-state index contributed by atoms with van der Waals surface area (Å²) in [7, 11) is 1.74. The molecule has 21 heavy (non-hydrogen) atoms. The van der Waals surface area contributed by atoms with Gasteiger partial charge in [-0.15, -0.1) is 0 Å². The first-order valence-electron chi connectivity index (χ1n) is 7.72. The fourth-order valence-corrected chi connectivity index (χ4v) is 2.69. The fourth-order valence-electron chi connectivity index (χ4n) is 2.69. The fraction of sp³-hybridized carbons (Fsp3) is 0.625. The number of carbonyl (C=O) groups is 1. The van der Waals surface area contributed by atoms with Crippen LogP contribution in [0.3, 0.4) is 0 Å². The van der Waals surface area contributed by atoms with E-state index in [1.165, 1.54) is 0 Å². The predicted octanol–water partition coefficient (Wildman–Crippen LogP) is 2.40. The molecule has 5 nitrogen and oxygen atoms in total. The molecule has 0 bridgehead atoms. The van der Waals surface area contributed by atoms with Gasteiger partial charge in [0.1, 0.15) is 0 Å². The largest absolute Gasteiger partial charge is 0.384 e. The van der Waals surface area contributed by atoms with Crippen molar-refractivity contribution in [3.05, 3.63) is 24.0 Å². The lowest BCUT2D eigenvalue weighted by Gasteiger charge is -2.32. The zero-order valence-corrected chi connectivity index (χ0v) is 13.0. The van der Waals surface area contributed by atoms with Crippen LogP contribution in [0.1, 0.15) is 36.5 Å². The van der Waals surface area contributed by atoms with Crippen molar-refractivity contribution >= 4 is 11.6 Å². The number of nitrogens with zero attached hydrogens (tertiary/aromatic N) is 2. The van der Waals surface area contributed by atoms with Crippen LogP contribution in [0.2, 0.25) is 0 Å². The highest BCUT2D eigenvalue weighted by molar-refractivity contribution is 5.99. The van der Waals surface area contributed by atoms with Crippen LogP contribution in [0.15, 0.2) is 18.5 Å². The molecule has 5 heteroatoms. The Balaban J connectivity index is 2.00. The zero-order chi connectivity index (χ0) is 15.1. The molecule has 1 N–H and O–H groups in total. The second-order valence-corrected chi connectivity index (χ2v) is 5.54. The number of nitrogens with one attached hydrogen (secondary N) is 1. The minimum absolute atomic E-state index is 0.104. The molecular formula is C16H25N3O2. The normalized spacial score (nSPS) is 16.0. The van der Waals surface area contributed by atoms with Gasteiger partial charge in [0.05, 0.1) is 17.4 Å². The Hall–Kier alpha value is -1.62. The van der Waals surface area contributed by atoms with Gasteiger partial charge in [-0.05, 0) is 31.2 Å². The van der Waals surface area contributed by atoms with E-state index in [2.05, 4.69) is 17.2 Å². The number of piperidine rings is 1. The highest BCUT2D eigenvalue weighted by Crippen LogP contribution is 2.22. The Morgan fingerprint density at radius 2 is 2.24 bits per heavy atom. The van der Waals surface area contributed by atoms with Crippen molar-refractivity contribution < 1.29 is 9.53 Å². The van der Waals surface area contributed by atoms with Crippen LogP contribution in [0, 0.1) is 5.92 Å². The Bertz CT molecular complexity index is 457. The molecule has 1 aliphatic rings. The van der Waals surface area contributed by atoms with E-state index in [-0.39, 0.29) is 5.91 Å². The van der Waals surface area contributed by atoms with Crippen molar-refractivity contribution in [2.45, 2.75) is 26.2 Å². The molecule has 1 aromatic rings. The number of methoxy groups -OCH3 is 1. The number of hydrogen-bond donors (Lipinski definition) is 1. The minimum atomic E-state index is 0.104. The summed E-state index contributed by atoms with van der Waals surface area (Å²) in [5.41, 5.74) is 1.56. The summed E-state index contributed by atoms with van der Waals surface area (Å²) >= 11 is 0. The lowest BCUT2D eigenvalue weighted by molar-refractivity contribution is 0.0614. The average molecular weight is 291 g/mol. The molecule has 0 spiro atoms. The van der Waals surface area contributed by atoms with E-state index in [0.717, 1.165) is 56.8 Å². The van der Waals surface area contributed by atoms with Crippen molar-refractivity contribution in [2.75, 3.05) is 38.7 Å². The third kappa shape index (κ3) is 4.17. The second-order valence-electron chi connectivity index (χ2n) is 5.54. The first-order valence-corrected chi connectivity index (χ1v) is 7.72. The van der Waals surface area contributed by atoms with Gasteiger partial charge in [0.2, 0.25) is 0 Å². The molecule has 0 atom stereocenters. The average Bonchev–Trinajstić information content (AvgIpc) is 2.53. The Morgan fingerprint density at radius 3 is 2.90 bits per heavy atom. The number of rotatable bonds is 6. The lowest BCUT2D eigenvalue weighted by atomic mass is 9.97. The highest BCUT2D eigenvalue weighted by Gasteiger charge is 2.24. The summed E-state index contributed by atoms with van der Waals surface area (Å²) in [4.78, 5) is 18.7. The molecule has 0 radical (unpaired) electrons. The van der Waals surface area contributed by atoms with E-state index in [4.69, 9.17) is 4.74 Å². The molecule has 116 valence electrons. The summed E-state index contributed by atoms with van der Waals surface area (Å²) in [6, 6.07) is 1.81. The van der Waals surface area contributed by atoms with Crippen molar-refractivity contribution in [3.8, 4) is 0 Å². The monoisotopic (exact) mass is 291 g/mol. The standard InChI is InChI=1S/C16H25N3O2/c1-3-7-18-15-11-17-8-4-14(15)16(20)19-9-5-13(6-10-19)12-21-2/h4,8,11,13,18H,3,5-7,9-10,12H2,1-2H3. The smallest absolute Gasteiger partial charge is 0.256 e. The summed E-state index contributed by atoms with van der Waals surface area (Å²) in [5.74, 6) is 0.682. The van der Waals surface area contributed by atoms with E-state index in [1.54, 1.807) is 19.5 Å². The first-order chi connectivity index (χ1) is 10.3. The highest BCUT2D eigenvalue weighted by atomic mass is 16.5. The third-order valence-corrected chi connectivity index (χ3v) is 3.92. The summed E-state index contributed by atoms with van der Waals surface area (Å²) in [5, 5.41) is 3.28.